The van der Waals surface area contributed by atoms with Crippen LogP contribution >= 0.6 is 0 Å². The van der Waals surface area contributed by atoms with E-state index in [1.54, 1.807) is 0 Å². The fourth-order valence-corrected chi connectivity index (χ4v) is 6.48. The van der Waals surface area contributed by atoms with Crippen LogP contribution in [0.1, 0.15) is 61.9 Å². The first-order valence-electron chi connectivity index (χ1n) is 17.6. The van der Waals surface area contributed by atoms with Crippen LogP contribution in [-0.4, -0.2) is 146 Å². The van der Waals surface area contributed by atoms with Crippen molar-refractivity contribution >= 4 is 35.2 Å². The van der Waals surface area contributed by atoms with Crippen molar-refractivity contribution in [3.8, 4) is 17.2 Å². The molecule has 2 aromatic rings. The minimum absolute atomic E-state index is 0.00223. The van der Waals surface area contributed by atoms with Gasteiger partial charge in [-0.05, 0) is 6.07 Å². The monoisotopic (exact) mass is 769 g/mol. The maximum Gasteiger partial charge on any atom is 0.253 e. The molecule has 1 heterocycles. The second-order valence-electron chi connectivity index (χ2n) is 12.8. The van der Waals surface area contributed by atoms with Crippen LogP contribution in [0.3, 0.4) is 0 Å². The number of rotatable bonds is 20. The van der Waals surface area contributed by atoms with Crippen molar-refractivity contribution in [2.75, 3.05) is 79.6 Å². The van der Waals surface area contributed by atoms with Gasteiger partial charge in [-0.2, -0.15) is 0 Å². The molecule has 0 aromatic heterocycles. The van der Waals surface area contributed by atoms with Crippen molar-refractivity contribution in [1.29, 1.82) is 0 Å². The van der Waals surface area contributed by atoms with E-state index in [2.05, 4.69) is 10.6 Å². The number of ether oxygens (including phenoxy) is 5. The summed E-state index contributed by atoms with van der Waals surface area (Å²) in [5.41, 5.74) is -3.99. The number of carbonyl (C=O) groups is 6. The van der Waals surface area contributed by atoms with Gasteiger partial charge in [0.05, 0.1) is 89.3 Å². The molecule has 0 fully saturated rings. The molecule has 2 atom stereocenters. The number of hydrogen-bond donors (Lipinski definition) is 6. The molecule has 0 spiro atoms. The van der Waals surface area contributed by atoms with Gasteiger partial charge in [0, 0.05) is 61.2 Å². The zero-order valence-corrected chi connectivity index (χ0v) is 30.1. The number of aliphatic hydroxyl groups excluding tert-OH is 1. The summed E-state index contributed by atoms with van der Waals surface area (Å²) >= 11 is 0. The smallest absolute Gasteiger partial charge is 0.253 e. The predicted molar refractivity (Wildman–Crippen MR) is 188 cm³/mol. The molecular weight excluding hydrogens is 726 g/mol. The average Bonchev–Trinajstić information content (AvgIpc) is 3.48. The van der Waals surface area contributed by atoms with Gasteiger partial charge >= 0.3 is 0 Å². The lowest BCUT2D eigenvalue weighted by atomic mass is 9.72. The van der Waals surface area contributed by atoms with Crippen LogP contribution in [-0.2, 0) is 44.5 Å². The number of imide groups is 1. The number of phenols is 2. The van der Waals surface area contributed by atoms with Gasteiger partial charge in [0.15, 0.2) is 5.78 Å². The van der Waals surface area contributed by atoms with E-state index in [0.29, 0.717) is 26.4 Å². The van der Waals surface area contributed by atoms with Crippen molar-refractivity contribution in [2.45, 2.75) is 31.0 Å². The van der Waals surface area contributed by atoms with Crippen molar-refractivity contribution < 1.29 is 72.9 Å². The summed E-state index contributed by atoms with van der Waals surface area (Å²) in [6.07, 6.45) is -0.414. The molecule has 2 aliphatic carbocycles. The van der Waals surface area contributed by atoms with E-state index in [0.717, 1.165) is 4.90 Å². The van der Waals surface area contributed by atoms with Crippen LogP contribution in [0.15, 0.2) is 30.4 Å². The number of benzene rings is 2. The Morgan fingerprint density at radius 3 is 2.02 bits per heavy atom. The van der Waals surface area contributed by atoms with Crippen molar-refractivity contribution in [3.63, 3.8) is 0 Å². The van der Waals surface area contributed by atoms with E-state index in [1.165, 1.54) is 37.5 Å². The molecule has 3 aliphatic rings. The Bertz CT molecular complexity index is 1840. The maximum atomic E-state index is 13.5. The van der Waals surface area contributed by atoms with E-state index in [9.17, 15) is 49.2 Å². The number of hydrogen-bond acceptors (Lipinski definition) is 15. The van der Waals surface area contributed by atoms with Gasteiger partial charge in [0.1, 0.15) is 22.8 Å². The fourth-order valence-electron chi connectivity index (χ4n) is 6.48. The zero-order chi connectivity index (χ0) is 39.7. The molecule has 6 N–H and O–H groups in total. The van der Waals surface area contributed by atoms with Crippen LogP contribution in [0.2, 0.25) is 0 Å². The van der Waals surface area contributed by atoms with Gasteiger partial charge in [0.2, 0.25) is 11.7 Å². The zero-order valence-electron chi connectivity index (χ0n) is 30.1. The molecule has 5 rings (SSSR count). The van der Waals surface area contributed by atoms with Crippen LogP contribution in [0, 0.1) is 0 Å². The third kappa shape index (κ3) is 9.18. The largest absolute Gasteiger partial charge is 0.507 e. The van der Waals surface area contributed by atoms with Gasteiger partial charge in [-0.15, -0.1) is 0 Å². The van der Waals surface area contributed by atoms with E-state index in [-0.39, 0.29) is 98.2 Å². The summed E-state index contributed by atoms with van der Waals surface area (Å²) in [6, 6.07) is 4.32. The van der Waals surface area contributed by atoms with E-state index >= 15 is 0 Å². The second-order valence-corrected chi connectivity index (χ2v) is 12.8. The summed E-state index contributed by atoms with van der Waals surface area (Å²) in [5.74, 6) is -4.97. The number of aromatic hydroxyl groups is 2. The van der Waals surface area contributed by atoms with Crippen LogP contribution in [0.25, 0.3) is 0 Å². The lowest BCUT2D eigenvalue weighted by Gasteiger charge is -2.37. The normalized spacial score (nSPS) is 18.6. The van der Waals surface area contributed by atoms with E-state index in [1.807, 2.05) is 0 Å². The Hall–Kier alpha value is -5.24. The van der Waals surface area contributed by atoms with E-state index in [4.69, 9.17) is 23.7 Å². The number of phenolic OH excluding ortho intramolecular Hbond substituents is 2. The first-order chi connectivity index (χ1) is 26.4. The lowest BCUT2D eigenvalue weighted by molar-refractivity contribution is -0.144. The Morgan fingerprint density at radius 1 is 0.800 bits per heavy atom. The Balaban J connectivity index is 0.961. The van der Waals surface area contributed by atoms with Gasteiger partial charge in [0.25, 0.3) is 17.7 Å². The Labute approximate surface area is 314 Å². The molecule has 4 amide bonds. The van der Waals surface area contributed by atoms with Crippen molar-refractivity contribution in [1.82, 2.24) is 15.5 Å². The molecule has 0 saturated carbocycles. The van der Waals surface area contributed by atoms with E-state index < -0.39 is 64.6 Å². The number of ketones is 2. The highest BCUT2D eigenvalue weighted by atomic mass is 16.6. The minimum atomic E-state index is -2.27. The lowest BCUT2D eigenvalue weighted by Crippen LogP contribution is -2.52. The minimum Gasteiger partial charge on any atom is -0.507 e. The molecule has 18 nitrogen and oxygen atoms in total. The maximum absolute atomic E-state index is 13.5. The third-order valence-electron chi connectivity index (χ3n) is 9.20. The molecule has 296 valence electrons. The molecule has 18 heteroatoms. The number of amides is 4. The Kier molecular flexibility index (Phi) is 13.7. The number of aliphatic hydroxyl groups is 2. The number of methoxy groups -OCH3 is 1. The highest BCUT2D eigenvalue weighted by molar-refractivity contribution is 6.31. The number of carbonyl (C=O) groups excluding carboxylic acids is 6. The highest BCUT2D eigenvalue weighted by Crippen LogP contribution is 2.50. The first kappa shape index (κ1) is 40.9. The summed E-state index contributed by atoms with van der Waals surface area (Å²) in [4.78, 5) is 76.2. The van der Waals surface area contributed by atoms with Crippen molar-refractivity contribution in [2.24, 2.45) is 0 Å². The average molecular weight is 770 g/mol. The number of fused-ring (bicyclic) bond motifs is 3. The molecule has 0 saturated heterocycles. The standard InChI is InChI=1S/C37H43N3O15/c1-51-24-4-2-3-21-29(24)35(48)31-30(32(21)45)33(46)22-19-37(50,20-23(41)28(22)34(31)47)36(49)39-9-8-38-25(42)7-11-52-13-15-54-17-18-55-16-14-53-12-10-40-26(43)5-6-27(40)44/h2-6,23,41,46-47,50H,7-20H2,1H3,(H,38,42)(H,39,49). The second kappa shape index (κ2) is 18.4. The summed E-state index contributed by atoms with van der Waals surface area (Å²) in [6.45, 7) is 2.18. The van der Waals surface area contributed by atoms with Gasteiger partial charge in [-0.25, -0.2) is 0 Å². The number of nitrogens with one attached hydrogen (secondary N) is 2. The van der Waals surface area contributed by atoms with Gasteiger partial charge < -0.3 is 54.7 Å². The number of nitrogens with zero attached hydrogens (tertiary/aromatic N) is 1. The van der Waals surface area contributed by atoms with Crippen LogP contribution in [0.4, 0.5) is 0 Å². The predicted octanol–water partition coefficient (Wildman–Crippen LogP) is -0.794. The van der Waals surface area contributed by atoms with Gasteiger partial charge in [-0.3, -0.25) is 33.7 Å². The SMILES string of the molecule is COc1cccc2c1C(=O)c1c(O)c3c(c(O)c1C2=O)CC(O)(C(=O)NCCNC(=O)CCOCCOCCOCCOCCN1C(=O)C=CC1=O)CC3O. The molecule has 1 aliphatic heterocycles. The summed E-state index contributed by atoms with van der Waals surface area (Å²) in [7, 11) is 1.31. The van der Waals surface area contributed by atoms with Crippen LogP contribution < -0.4 is 15.4 Å². The van der Waals surface area contributed by atoms with Crippen molar-refractivity contribution in [3.05, 3.63) is 63.7 Å². The molecule has 2 unspecified atom stereocenters. The first-order valence-corrected chi connectivity index (χ1v) is 17.6. The molecule has 55 heavy (non-hydrogen) atoms. The van der Waals surface area contributed by atoms with Crippen LogP contribution in [0.5, 0.6) is 17.2 Å². The molecule has 2 aromatic carbocycles. The fraction of sp³-hybridized carbons (Fsp3) is 0.459. The molecule has 0 radical (unpaired) electrons. The third-order valence-corrected chi connectivity index (χ3v) is 9.20. The molecular formula is C37H43N3O15. The quantitative estimate of drug-likeness (QED) is 0.0468. The Morgan fingerprint density at radius 2 is 1.38 bits per heavy atom. The highest BCUT2D eigenvalue weighted by Gasteiger charge is 2.48. The summed E-state index contributed by atoms with van der Waals surface area (Å²) < 4.78 is 26.7. The molecule has 0 bridgehead atoms. The summed E-state index contributed by atoms with van der Waals surface area (Å²) in [5, 5.41) is 49.7. The topological polar surface area (TPSA) is 257 Å². The van der Waals surface area contributed by atoms with Gasteiger partial charge in [-0.1, -0.05) is 12.1 Å².